The van der Waals surface area contributed by atoms with Crippen LogP contribution >= 0.6 is 0 Å². The van der Waals surface area contributed by atoms with Crippen molar-refractivity contribution in [3.8, 4) is 0 Å². The summed E-state index contributed by atoms with van der Waals surface area (Å²) in [4.78, 5) is 12.5. The molecule has 0 unspecified atom stereocenters. The topological polar surface area (TPSA) is 86.7 Å². The predicted molar refractivity (Wildman–Crippen MR) is 45.4 cm³/mol. The Morgan fingerprint density at radius 2 is 2.15 bits per heavy atom. The van der Waals surface area contributed by atoms with Gasteiger partial charge in [-0.15, -0.1) is 0 Å². The Bertz CT molecular complexity index is 294. The molecule has 0 aromatic rings. The number of rotatable bonds is 3. The van der Waals surface area contributed by atoms with Crippen molar-refractivity contribution in [1.29, 1.82) is 0 Å². The monoisotopic (exact) mass is 208 g/mol. The number of hydrogen-bond acceptors (Lipinski definition) is 4. The van der Waals surface area contributed by atoms with Gasteiger partial charge in [-0.05, 0) is 0 Å². The molecule has 0 aromatic carbocycles. The normalized spacial score (nSPS) is 18.5. The van der Waals surface area contributed by atoms with E-state index in [2.05, 4.69) is 4.72 Å². The van der Waals surface area contributed by atoms with Crippen LogP contribution in [0.25, 0.3) is 0 Å². The molecule has 0 radical (unpaired) electrons. The lowest BCUT2D eigenvalue weighted by atomic mass is 10.2. The number of aliphatic hydroxyl groups excluding tert-OH is 1. The third-order valence-corrected chi connectivity index (χ3v) is 2.37. The number of amides is 1. The fourth-order valence-corrected chi connectivity index (χ4v) is 1.35. The number of sulfonamides is 1. The van der Waals surface area contributed by atoms with Crippen LogP contribution in [-0.2, 0) is 14.8 Å². The predicted octanol–water partition coefficient (Wildman–Crippen LogP) is -2.26. The highest BCUT2D eigenvalue weighted by Crippen LogP contribution is 2.06. The second-order valence-corrected chi connectivity index (χ2v) is 4.88. The number of carbonyl (C=O) groups excluding carboxylic acids is 1. The molecule has 0 aliphatic carbocycles. The van der Waals surface area contributed by atoms with E-state index in [1.54, 1.807) is 0 Å². The molecule has 0 aromatic heterocycles. The average molecular weight is 208 g/mol. The van der Waals surface area contributed by atoms with Crippen molar-refractivity contribution < 1.29 is 18.3 Å². The van der Waals surface area contributed by atoms with E-state index in [0.717, 1.165) is 6.26 Å². The summed E-state index contributed by atoms with van der Waals surface area (Å²) in [5.74, 6) is -0.310. The molecule has 6 nitrogen and oxygen atoms in total. The lowest BCUT2D eigenvalue weighted by Crippen LogP contribution is -2.55. The maximum Gasteiger partial charge on any atom is 0.237 e. The van der Waals surface area contributed by atoms with Crippen LogP contribution in [0.2, 0.25) is 0 Å². The van der Waals surface area contributed by atoms with E-state index in [9.17, 15) is 13.2 Å². The van der Waals surface area contributed by atoms with E-state index >= 15 is 0 Å². The standard InChI is InChI=1S/C6H12N2O4S/c1-13(11,12)7-2-6(10)8-3-5(9)4-8/h5,7,9H,2-4H2,1H3. The van der Waals surface area contributed by atoms with Crippen molar-refractivity contribution >= 4 is 15.9 Å². The van der Waals surface area contributed by atoms with Gasteiger partial charge in [0, 0.05) is 13.1 Å². The molecule has 1 rings (SSSR count). The molecule has 1 fully saturated rings. The first kappa shape index (κ1) is 10.4. The molecule has 13 heavy (non-hydrogen) atoms. The van der Waals surface area contributed by atoms with Crippen molar-refractivity contribution in [2.75, 3.05) is 25.9 Å². The summed E-state index contributed by atoms with van der Waals surface area (Å²) in [6, 6.07) is 0. The van der Waals surface area contributed by atoms with E-state index in [1.807, 2.05) is 0 Å². The van der Waals surface area contributed by atoms with Crippen LogP contribution in [0.3, 0.4) is 0 Å². The molecule has 1 heterocycles. The Morgan fingerprint density at radius 1 is 1.62 bits per heavy atom. The largest absolute Gasteiger partial charge is 0.389 e. The van der Waals surface area contributed by atoms with E-state index in [-0.39, 0.29) is 12.5 Å². The number of nitrogens with one attached hydrogen (secondary N) is 1. The summed E-state index contributed by atoms with van der Waals surface area (Å²) in [5.41, 5.74) is 0. The number of aliphatic hydroxyl groups is 1. The number of nitrogens with zero attached hydrogens (tertiary/aromatic N) is 1. The smallest absolute Gasteiger partial charge is 0.237 e. The quantitative estimate of drug-likeness (QED) is 0.548. The van der Waals surface area contributed by atoms with Gasteiger partial charge in [-0.1, -0.05) is 0 Å². The molecule has 76 valence electrons. The zero-order valence-electron chi connectivity index (χ0n) is 7.23. The van der Waals surface area contributed by atoms with Gasteiger partial charge in [0.15, 0.2) is 0 Å². The van der Waals surface area contributed by atoms with Gasteiger partial charge in [-0.2, -0.15) is 0 Å². The Kier molecular flexibility index (Phi) is 2.89. The van der Waals surface area contributed by atoms with Gasteiger partial charge in [-0.25, -0.2) is 13.1 Å². The number of hydrogen-bond donors (Lipinski definition) is 2. The van der Waals surface area contributed by atoms with Crippen molar-refractivity contribution in [2.45, 2.75) is 6.10 Å². The lowest BCUT2D eigenvalue weighted by molar-refractivity contribution is -0.139. The van der Waals surface area contributed by atoms with Crippen molar-refractivity contribution in [1.82, 2.24) is 9.62 Å². The number of β-amino-alcohol motifs (C(OH)–C–C–N with tert-alkyl or cyclic N) is 1. The van der Waals surface area contributed by atoms with Gasteiger partial charge in [0.2, 0.25) is 15.9 Å². The molecule has 0 atom stereocenters. The summed E-state index contributed by atoms with van der Waals surface area (Å²) >= 11 is 0. The SMILES string of the molecule is CS(=O)(=O)NCC(=O)N1CC(O)C1. The molecule has 2 N–H and O–H groups in total. The van der Waals surface area contributed by atoms with Crippen molar-refractivity contribution in [2.24, 2.45) is 0 Å². The summed E-state index contributed by atoms with van der Waals surface area (Å²) < 4.78 is 23.3. The van der Waals surface area contributed by atoms with E-state index in [0.29, 0.717) is 13.1 Å². The minimum Gasteiger partial charge on any atom is -0.389 e. The fraction of sp³-hybridized carbons (Fsp3) is 0.833. The van der Waals surface area contributed by atoms with Crippen LogP contribution < -0.4 is 4.72 Å². The van der Waals surface area contributed by atoms with Gasteiger partial charge < -0.3 is 10.0 Å². The van der Waals surface area contributed by atoms with Crippen LogP contribution in [0.1, 0.15) is 0 Å². The van der Waals surface area contributed by atoms with E-state index < -0.39 is 16.1 Å². The van der Waals surface area contributed by atoms with Gasteiger partial charge in [0.25, 0.3) is 0 Å². The van der Waals surface area contributed by atoms with Crippen molar-refractivity contribution in [3.05, 3.63) is 0 Å². The average Bonchev–Trinajstić information content (AvgIpc) is 1.93. The second kappa shape index (κ2) is 3.60. The summed E-state index contributed by atoms with van der Waals surface area (Å²) in [6.45, 7) is 0.361. The van der Waals surface area contributed by atoms with Crippen LogP contribution in [0.15, 0.2) is 0 Å². The van der Waals surface area contributed by atoms with Crippen LogP contribution in [0, 0.1) is 0 Å². The maximum atomic E-state index is 11.1. The van der Waals surface area contributed by atoms with Crippen LogP contribution in [-0.4, -0.2) is 56.3 Å². The zero-order valence-corrected chi connectivity index (χ0v) is 8.04. The Morgan fingerprint density at radius 3 is 2.54 bits per heavy atom. The Labute approximate surface area is 76.6 Å². The van der Waals surface area contributed by atoms with Gasteiger partial charge in [0.05, 0.1) is 18.9 Å². The van der Waals surface area contributed by atoms with Crippen LogP contribution in [0.5, 0.6) is 0 Å². The fourth-order valence-electron chi connectivity index (χ4n) is 0.964. The van der Waals surface area contributed by atoms with E-state index in [4.69, 9.17) is 5.11 Å². The highest BCUT2D eigenvalue weighted by molar-refractivity contribution is 7.88. The highest BCUT2D eigenvalue weighted by atomic mass is 32.2. The molecule has 0 bridgehead atoms. The molecule has 7 heteroatoms. The highest BCUT2D eigenvalue weighted by Gasteiger charge is 2.28. The number of likely N-dealkylation sites (tertiary alicyclic amines) is 1. The Balaban J connectivity index is 2.27. The van der Waals surface area contributed by atoms with Crippen molar-refractivity contribution in [3.63, 3.8) is 0 Å². The summed E-state index contributed by atoms with van der Waals surface area (Å²) in [5, 5.41) is 8.86. The second-order valence-electron chi connectivity index (χ2n) is 3.05. The van der Waals surface area contributed by atoms with E-state index in [1.165, 1.54) is 4.90 Å². The van der Waals surface area contributed by atoms with Gasteiger partial charge in [0.1, 0.15) is 0 Å². The minimum absolute atomic E-state index is 0.231. The lowest BCUT2D eigenvalue weighted by Gasteiger charge is -2.35. The minimum atomic E-state index is -3.31. The molecular formula is C6H12N2O4S. The third kappa shape index (κ3) is 3.29. The molecule has 0 spiro atoms. The molecular weight excluding hydrogens is 196 g/mol. The molecule has 1 aliphatic rings. The number of carbonyl (C=O) groups is 1. The first-order valence-electron chi connectivity index (χ1n) is 3.79. The third-order valence-electron chi connectivity index (χ3n) is 1.70. The molecule has 0 saturated carbocycles. The summed E-state index contributed by atoms with van der Waals surface area (Å²) in [7, 11) is -3.31. The first-order valence-corrected chi connectivity index (χ1v) is 5.68. The zero-order chi connectivity index (χ0) is 10.1. The summed E-state index contributed by atoms with van der Waals surface area (Å²) in [6.07, 6.45) is 0.535. The maximum absolute atomic E-state index is 11.1. The first-order chi connectivity index (χ1) is 5.88. The van der Waals surface area contributed by atoms with Gasteiger partial charge in [-0.3, -0.25) is 4.79 Å². The molecule has 1 aliphatic heterocycles. The molecule has 1 saturated heterocycles. The van der Waals surface area contributed by atoms with Crippen LogP contribution in [0.4, 0.5) is 0 Å². The molecule has 1 amide bonds. The Hall–Kier alpha value is -0.660. The van der Waals surface area contributed by atoms with Gasteiger partial charge >= 0.3 is 0 Å².